The number of carbonyl (C=O) groups excluding carboxylic acids is 1. The van der Waals surface area contributed by atoms with Crippen LogP contribution in [0.2, 0.25) is 5.02 Å². The van der Waals surface area contributed by atoms with Gasteiger partial charge in [-0.15, -0.1) is 0 Å². The van der Waals surface area contributed by atoms with Crippen LogP contribution in [0.3, 0.4) is 0 Å². The van der Waals surface area contributed by atoms with Crippen LogP contribution in [0.25, 0.3) is 22.2 Å². The van der Waals surface area contributed by atoms with Crippen molar-refractivity contribution in [1.29, 1.82) is 0 Å². The third-order valence-corrected chi connectivity index (χ3v) is 12.8. The molecule has 4 unspecified atom stereocenters. The number of carbonyl (C=O) groups is 1. The highest BCUT2D eigenvalue weighted by Crippen LogP contribution is 2.48. The fraction of sp³-hybridized carbons (Fsp3) is 0.395. The van der Waals surface area contributed by atoms with Crippen LogP contribution in [0.5, 0.6) is 17.4 Å². The van der Waals surface area contributed by atoms with Gasteiger partial charge in [-0.3, -0.25) is 4.90 Å². The fourth-order valence-electron chi connectivity index (χ4n) is 8.47. The largest absolute Gasteiger partial charge is 0.497 e. The molecule has 2 fully saturated rings. The van der Waals surface area contributed by atoms with Gasteiger partial charge >= 0.3 is 6.09 Å². The number of rotatable bonds is 8. The Kier molecular flexibility index (Phi) is 10.5. The Morgan fingerprint density at radius 1 is 1.02 bits per heavy atom. The van der Waals surface area contributed by atoms with Crippen molar-refractivity contribution in [3.63, 3.8) is 0 Å². The summed E-state index contributed by atoms with van der Waals surface area (Å²) < 4.78 is 41.7. The summed E-state index contributed by atoms with van der Waals surface area (Å²) in [5.41, 5.74) is 3.49. The van der Waals surface area contributed by atoms with E-state index in [0.717, 1.165) is 41.0 Å². The molecule has 298 valence electrons. The Bertz CT molecular complexity index is 2290. The minimum Gasteiger partial charge on any atom is -0.497 e. The molecule has 4 atom stereocenters. The molecule has 3 aliphatic heterocycles. The van der Waals surface area contributed by atoms with Crippen molar-refractivity contribution in [3.05, 3.63) is 92.0 Å². The third-order valence-electron chi connectivity index (χ3n) is 11.0. The number of benzene rings is 3. The molecule has 0 aliphatic carbocycles. The normalized spacial score (nSPS) is 19.8. The van der Waals surface area contributed by atoms with Gasteiger partial charge in [0.15, 0.2) is 5.82 Å². The van der Waals surface area contributed by atoms with Gasteiger partial charge in [-0.05, 0) is 117 Å². The first kappa shape index (κ1) is 39.2. The molecule has 2 saturated heterocycles. The van der Waals surface area contributed by atoms with E-state index in [2.05, 4.69) is 32.5 Å². The summed E-state index contributed by atoms with van der Waals surface area (Å²) in [6.45, 7) is 10.9. The van der Waals surface area contributed by atoms with Gasteiger partial charge in [0.1, 0.15) is 46.3 Å². The van der Waals surface area contributed by atoms with Crippen molar-refractivity contribution in [2.45, 2.75) is 90.4 Å². The number of aromatic nitrogens is 3. The smallest absolute Gasteiger partial charge is 0.410 e. The van der Waals surface area contributed by atoms with Gasteiger partial charge in [-0.1, -0.05) is 35.9 Å². The average Bonchev–Trinajstić information content (AvgIpc) is 3.43. The quantitative estimate of drug-likeness (QED) is 0.140. The summed E-state index contributed by atoms with van der Waals surface area (Å²) in [6.07, 6.45) is 2.36. The van der Waals surface area contributed by atoms with Crippen molar-refractivity contribution in [1.82, 2.24) is 19.9 Å². The van der Waals surface area contributed by atoms with Gasteiger partial charge in [-0.25, -0.2) is 24.1 Å². The summed E-state index contributed by atoms with van der Waals surface area (Å²) >= 11 is 9.48. The molecular formula is C43H45ClFIN6O5. The number of pyridine rings is 1. The van der Waals surface area contributed by atoms with Crippen molar-refractivity contribution in [2.24, 2.45) is 0 Å². The molecule has 11 nitrogen and oxygen atoms in total. The molecule has 14 heteroatoms. The van der Waals surface area contributed by atoms with Crippen LogP contribution in [-0.2, 0) is 17.8 Å². The maximum atomic E-state index is 17.6. The fourth-order valence-corrected chi connectivity index (χ4v) is 9.40. The van der Waals surface area contributed by atoms with E-state index >= 15 is 4.39 Å². The molecular weight excluding hydrogens is 862 g/mol. The van der Waals surface area contributed by atoms with E-state index in [-0.39, 0.29) is 46.4 Å². The lowest BCUT2D eigenvalue weighted by molar-refractivity contribution is 0.000962. The van der Waals surface area contributed by atoms with Crippen molar-refractivity contribution in [3.8, 4) is 28.6 Å². The summed E-state index contributed by atoms with van der Waals surface area (Å²) in [4.78, 5) is 34.2. The summed E-state index contributed by atoms with van der Waals surface area (Å²) in [7, 11) is 3.26. The standard InChI is InChI=1S/C43H45ClFIN6O5/c1-23-18-31(50(19-25-8-13-28(54-6)14-9-25)20-26-10-15-29(55-7)16-11-26)35(45)32(36(23)46)38-34(44)37-33-40(48-22-47-37)51-21-27-12-17-30(39(51)24(2)56-41(33)49-38)52(27)42(53)57-43(3,4)5/h8-11,13-16,18,22,24,27,30,39H,12,17,19-21H2,1-7H3. The maximum Gasteiger partial charge on any atom is 0.410 e. The van der Waals surface area contributed by atoms with Crippen molar-refractivity contribution >= 4 is 62.7 Å². The van der Waals surface area contributed by atoms with E-state index in [1.165, 1.54) is 6.33 Å². The number of methoxy groups -OCH3 is 2. The number of ether oxygens (including phenoxy) is 4. The topological polar surface area (TPSA) is 102 Å². The number of anilines is 2. The van der Waals surface area contributed by atoms with Gasteiger partial charge in [-0.2, -0.15) is 0 Å². The van der Waals surface area contributed by atoms with Crippen LogP contribution in [0.15, 0.2) is 60.9 Å². The number of nitrogens with zero attached hydrogens (tertiary/aromatic N) is 6. The second-order valence-electron chi connectivity index (χ2n) is 15.9. The number of fused-ring (bicyclic) bond motifs is 5. The molecule has 0 radical (unpaired) electrons. The van der Waals surface area contributed by atoms with Gasteiger partial charge in [0.05, 0.1) is 54.3 Å². The molecule has 57 heavy (non-hydrogen) atoms. The van der Waals surface area contributed by atoms with Crippen molar-refractivity contribution < 1.29 is 28.1 Å². The lowest BCUT2D eigenvalue weighted by atomic mass is 9.98. The highest BCUT2D eigenvalue weighted by molar-refractivity contribution is 14.1. The molecule has 0 spiro atoms. The molecule has 3 aliphatic rings. The van der Waals surface area contributed by atoms with Crippen LogP contribution >= 0.6 is 34.2 Å². The zero-order valence-electron chi connectivity index (χ0n) is 33.0. The minimum absolute atomic E-state index is 0.0669. The molecule has 5 aromatic rings. The number of hydrogen-bond acceptors (Lipinski definition) is 10. The average molecular weight is 907 g/mol. The van der Waals surface area contributed by atoms with Crippen LogP contribution in [0, 0.1) is 16.3 Å². The first-order chi connectivity index (χ1) is 27.3. The maximum absolute atomic E-state index is 17.6. The van der Waals surface area contributed by atoms with E-state index in [9.17, 15) is 4.79 Å². The second-order valence-corrected chi connectivity index (χ2v) is 17.4. The van der Waals surface area contributed by atoms with Crippen LogP contribution in [0.1, 0.15) is 57.2 Å². The number of amides is 1. The third kappa shape index (κ3) is 7.26. The Labute approximate surface area is 350 Å². The van der Waals surface area contributed by atoms with E-state index < -0.39 is 17.5 Å². The minimum atomic E-state index is -0.629. The summed E-state index contributed by atoms with van der Waals surface area (Å²) in [6, 6.07) is 16.9. The summed E-state index contributed by atoms with van der Waals surface area (Å²) in [5, 5.41) is 0.766. The molecule has 1 amide bonds. The van der Waals surface area contributed by atoms with E-state index in [1.807, 2.05) is 99.0 Å². The molecule has 5 heterocycles. The lowest BCUT2D eigenvalue weighted by Crippen LogP contribution is -2.65. The van der Waals surface area contributed by atoms with Crippen LogP contribution in [-0.4, -0.2) is 76.5 Å². The number of aryl methyl sites for hydroxylation is 1. The van der Waals surface area contributed by atoms with Crippen LogP contribution in [0.4, 0.5) is 20.7 Å². The van der Waals surface area contributed by atoms with Gasteiger partial charge < -0.3 is 28.7 Å². The van der Waals surface area contributed by atoms with Crippen LogP contribution < -0.4 is 24.0 Å². The predicted octanol–water partition coefficient (Wildman–Crippen LogP) is 9.36. The zero-order valence-corrected chi connectivity index (χ0v) is 35.9. The Hall–Kier alpha value is -4.63. The molecule has 0 saturated carbocycles. The highest BCUT2D eigenvalue weighted by Gasteiger charge is 2.53. The summed E-state index contributed by atoms with van der Waals surface area (Å²) in [5.74, 6) is 1.92. The zero-order chi connectivity index (χ0) is 40.3. The van der Waals surface area contributed by atoms with Gasteiger partial charge in [0.2, 0.25) is 5.88 Å². The van der Waals surface area contributed by atoms with E-state index in [0.29, 0.717) is 45.6 Å². The SMILES string of the molecule is COc1ccc(CN(Cc2ccc(OC)cc2)c2cc(C)c(I)c(-c3nc4c5c(ncnc5c3Cl)N3CC5CCC(C3C(C)O4)N5C(=O)OC(C)(C)C)c2F)cc1. The van der Waals surface area contributed by atoms with E-state index in [1.54, 1.807) is 14.2 Å². The second kappa shape index (κ2) is 15.3. The Morgan fingerprint density at radius 3 is 2.25 bits per heavy atom. The first-order valence-corrected chi connectivity index (χ1v) is 20.5. The lowest BCUT2D eigenvalue weighted by Gasteiger charge is -2.48. The number of halogens is 3. The monoisotopic (exact) mass is 906 g/mol. The van der Waals surface area contributed by atoms with Crippen molar-refractivity contribution in [2.75, 3.05) is 30.6 Å². The Morgan fingerprint density at radius 2 is 1.65 bits per heavy atom. The van der Waals surface area contributed by atoms with Gasteiger partial charge in [0, 0.05) is 23.2 Å². The molecule has 3 aromatic carbocycles. The molecule has 8 rings (SSSR count). The van der Waals surface area contributed by atoms with E-state index in [4.69, 9.17) is 40.5 Å². The number of hydrogen-bond donors (Lipinski definition) is 0. The highest BCUT2D eigenvalue weighted by atomic mass is 127. The molecule has 2 aromatic heterocycles. The number of piperazine rings is 1. The molecule has 0 N–H and O–H groups in total. The predicted molar refractivity (Wildman–Crippen MR) is 227 cm³/mol. The van der Waals surface area contributed by atoms with Gasteiger partial charge in [0.25, 0.3) is 0 Å². The first-order valence-electron chi connectivity index (χ1n) is 19.0. The molecule has 2 bridgehead atoms. The Balaban J connectivity index is 1.22.